The van der Waals surface area contributed by atoms with E-state index in [1.54, 1.807) is 13.3 Å². The summed E-state index contributed by atoms with van der Waals surface area (Å²) in [5, 5.41) is 3.78. The molecule has 1 N–H and O–H groups in total. The van der Waals surface area contributed by atoms with Crippen molar-refractivity contribution in [3.8, 4) is 5.95 Å². The number of carbonyl (C=O) groups excluding carboxylic acids is 1. The van der Waals surface area contributed by atoms with E-state index in [0.29, 0.717) is 28.7 Å². The molecule has 3 fully saturated rings. The van der Waals surface area contributed by atoms with Gasteiger partial charge in [-0.3, -0.25) is 9.69 Å². The summed E-state index contributed by atoms with van der Waals surface area (Å²) in [5.74, 6) is 0.994. The predicted octanol–water partition coefficient (Wildman–Crippen LogP) is 3.05. The number of hydrogen-bond acceptors (Lipinski definition) is 6. The molecule has 2 bridgehead atoms. The Labute approximate surface area is 157 Å². The molecule has 0 radical (unpaired) electrons. The number of aromatic nitrogens is 1. The summed E-state index contributed by atoms with van der Waals surface area (Å²) < 4.78 is 10.4. The predicted molar refractivity (Wildman–Crippen MR) is 98.6 cm³/mol. The third-order valence-corrected chi connectivity index (χ3v) is 6.33. The van der Waals surface area contributed by atoms with Crippen LogP contribution in [0.1, 0.15) is 30.1 Å². The standard InChI is InChI=1S/C19H23N3O3S/c1-12-17(13-7-9-22(12)10-8-13)21-18(23)14-3-5-15(6-4-14)26-19-20-11-16(24-2)25-19/h3-6,11-13,17H,7-10H2,1-2H3,(H,21,23)/t12-,17-/m0/s1. The minimum atomic E-state index is 0.00458. The number of fused-ring (bicyclic) bond motifs is 3. The van der Waals surface area contributed by atoms with Crippen LogP contribution in [0.5, 0.6) is 5.95 Å². The summed E-state index contributed by atoms with van der Waals surface area (Å²) in [5.41, 5.74) is 0.683. The zero-order chi connectivity index (χ0) is 18.1. The molecule has 4 heterocycles. The van der Waals surface area contributed by atoms with Crippen molar-refractivity contribution in [1.29, 1.82) is 0 Å². The Morgan fingerprint density at radius 1 is 1.31 bits per heavy atom. The highest BCUT2D eigenvalue weighted by Crippen LogP contribution is 2.32. The number of methoxy groups -OCH3 is 1. The topological polar surface area (TPSA) is 67.6 Å². The van der Waals surface area contributed by atoms with E-state index < -0.39 is 0 Å². The summed E-state index contributed by atoms with van der Waals surface area (Å²) in [6.07, 6.45) is 3.91. The summed E-state index contributed by atoms with van der Waals surface area (Å²) in [4.78, 5) is 20.2. The van der Waals surface area contributed by atoms with Crippen LogP contribution in [0.15, 0.2) is 45.0 Å². The van der Waals surface area contributed by atoms with Crippen molar-refractivity contribution < 1.29 is 13.9 Å². The van der Waals surface area contributed by atoms with Crippen molar-refractivity contribution in [3.05, 3.63) is 36.0 Å². The van der Waals surface area contributed by atoms with Crippen LogP contribution in [0.4, 0.5) is 0 Å². The van der Waals surface area contributed by atoms with Crippen LogP contribution in [0, 0.1) is 5.92 Å². The van der Waals surface area contributed by atoms with Gasteiger partial charge in [0.2, 0.25) is 0 Å². The lowest BCUT2D eigenvalue weighted by Crippen LogP contribution is -2.62. The Balaban J connectivity index is 1.39. The van der Waals surface area contributed by atoms with Crippen molar-refractivity contribution in [2.75, 3.05) is 20.2 Å². The van der Waals surface area contributed by atoms with Gasteiger partial charge in [0, 0.05) is 22.5 Å². The van der Waals surface area contributed by atoms with E-state index >= 15 is 0 Å². The van der Waals surface area contributed by atoms with Crippen LogP contribution in [0.2, 0.25) is 0 Å². The maximum atomic E-state index is 12.7. The Hall–Kier alpha value is -1.99. The molecular weight excluding hydrogens is 350 g/mol. The summed E-state index contributed by atoms with van der Waals surface area (Å²) in [6.45, 7) is 4.55. The molecule has 2 aromatic rings. The molecule has 0 saturated carbocycles. The maximum absolute atomic E-state index is 12.7. The van der Waals surface area contributed by atoms with Gasteiger partial charge in [0.05, 0.1) is 7.11 Å². The zero-order valence-corrected chi connectivity index (χ0v) is 15.8. The maximum Gasteiger partial charge on any atom is 0.305 e. The van der Waals surface area contributed by atoms with Gasteiger partial charge in [0.15, 0.2) is 0 Å². The van der Waals surface area contributed by atoms with E-state index in [-0.39, 0.29) is 11.9 Å². The molecular formula is C19H23N3O3S. The summed E-state index contributed by atoms with van der Waals surface area (Å²) >= 11 is 1.39. The van der Waals surface area contributed by atoms with Crippen LogP contribution in [0.3, 0.4) is 0 Å². The van der Waals surface area contributed by atoms with Gasteiger partial charge in [-0.1, -0.05) is 0 Å². The molecule has 3 aliphatic rings. The lowest BCUT2D eigenvalue weighted by molar-refractivity contribution is 0.0217. The number of oxazole rings is 1. The zero-order valence-electron chi connectivity index (χ0n) is 15.0. The minimum Gasteiger partial charge on any atom is -0.467 e. The second-order valence-electron chi connectivity index (χ2n) is 6.89. The van der Waals surface area contributed by atoms with E-state index in [1.165, 1.54) is 24.6 Å². The van der Waals surface area contributed by atoms with E-state index in [0.717, 1.165) is 18.0 Å². The highest BCUT2D eigenvalue weighted by molar-refractivity contribution is 7.99. The molecule has 1 aromatic carbocycles. The summed E-state index contributed by atoms with van der Waals surface area (Å²) in [6, 6.07) is 8.19. The van der Waals surface area contributed by atoms with Crippen molar-refractivity contribution in [2.45, 2.75) is 42.0 Å². The second kappa shape index (κ2) is 7.32. The van der Waals surface area contributed by atoms with Gasteiger partial charge < -0.3 is 14.5 Å². The highest BCUT2D eigenvalue weighted by atomic mass is 32.2. The molecule has 0 unspecified atom stereocenters. The number of carbonyl (C=O) groups is 1. The van der Waals surface area contributed by atoms with Crippen LogP contribution < -0.4 is 10.1 Å². The SMILES string of the molecule is COc1cnc(Sc2ccc(C(=O)N[C@@H]3C4CCN(CC4)[C@H]3C)cc2)o1. The average molecular weight is 373 g/mol. The molecule has 26 heavy (non-hydrogen) atoms. The first-order valence-electron chi connectivity index (χ1n) is 8.96. The largest absolute Gasteiger partial charge is 0.467 e. The number of nitrogens with zero attached hydrogens (tertiary/aromatic N) is 2. The monoisotopic (exact) mass is 373 g/mol. The fraction of sp³-hybridized carbons (Fsp3) is 0.474. The molecule has 1 aromatic heterocycles. The van der Waals surface area contributed by atoms with E-state index in [9.17, 15) is 4.79 Å². The Morgan fingerprint density at radius 3 is 2.65 bits per heavy atom. The Bertz CT molecular complexity index is 767. The van der Waals surface area contributed by atoms with Gasteiger partial charge in [-0.2, -0.15) is 0 Å². The van der Waals surface area contributed by atoms with Crippen molar-refractivity contribution in [3.63, 3.8) is 0 Å². The lowest BCUT2D eigenvalue weighted by atomic mass is 9.79. The molecule has 2 atom stereocenters. The number of amides is 1. The molecule has 6 nitrogen and oxygen atoms in total. The van der Waals surface area contributed by atoms with Gasteiger partial charge in [-0.15, -0.1) is 0 Å². The van der Waals surface area contributed by atoms with E-state index in [1.807, 2.05) is 24.3 Å². The first kappa shape index (κ1) is 17.4. The fourth-order valence-corrected chi connectivity index (χ4v) is 4.64. The smallest absolute Gasteiger partial charge is 0.305 e. The first-order valence-corrected chi connectivity index (χ1v) is 9.78. The van der Waals surface area contributed by atoms with Gasteiger partial charge in [0.1, 0.15) is 6.20 Å². The average Bonchev–Trinajstić information content (AvgIpc) is 3.13. The van der Waals surface area contributed by atoms with Gasteiger partial charge in [-0.25, -0.2) is 4.98 Å². The molecule has 3 aliphatic heterocycles. The number of piperidine rings is 3. The summed E-state index contributed by atoms with van der Waals surface area (Å²) in [7, 11) is 1.54. The normalized spacial score (nSPS) is 27.3. The molecule has 5 rings (SSSR count). The minimum absolute atomic E-state index is 0.00458. The number of hydrogen-bond donors (Lipinski definition) is 1. The van der Waals surface area contributed by atoms with Crippen molar-refractivity contribution >= 4 is 17.7 Å². The fourth-order valence-electron chi connectivity index (χ4n) is 3.94. The van der Waals surface area contributed by atoms with Crippen LogP contribution in [0.25, 0.3) is 0 Å². The molecule has 0 aliphatic carbocycles. The van der Waals surface area contributed by atoms with E-state index in [4.69, 9.17) is 9.15 Å². The third kappa shape index (κ3) is 3.46. The molecule has 0 spiro atoms. The van der Waals surface area contributed by atoms with Crippen LogP contribution >= 0.6 is 11.8 Å². The highest BCUT2D eigenvalue weighted by Gasteiger charge is 2.40. The molecule has 7 heteroatoms. The molecule has 3 saturated heterocycles. The molecule has 138 valence electrons. The number of rotatable bonds is 5. The van der Waals surface area contributed by atoms with Gasteiger partial charge in [-0.05, 0) is 74.8 Å². The number of benzene rings is 1. The van der Waals surface area contributed by atoms with Gasteiger partial charge in [0.25, 0.3) is 11.1 Å². The number of nitrogens with one attached hydrogen (secondary N) is 1. The molecule has 1 amide bonds. The van der Waals surface area contributed by atoms with Crippen LogP contribution in [-0.4, -0.2) is 48.1 Å². The van der Waals surface area contributed by atoms with Crippen molar-refractivity contribution in [2.24, 2.45) is 5.92 Å². The Kier molecular flexibility index (Phi) is 4.91. The van der Waals surface area contributed by atoms with Crippen molar-refractivity contribution in [1.82, 2.24) is 15.2 Å². The number of ether oxygens (including phenoxy) is 1. The van der Waals surface area contributed by atoms with Crippen LogP contribution in [-0.2, 0) is 0 Å². The van der Waals surface area contributed by atoms with Gasteiger partial charge >= 0.3 is 5.95 Å². The second-order valence-corrected chi connectivity index (χ2v) is 7.91. The third-order valence-electron chi connectivity index (χ3n) is 5.46. The Morgan fingerprint density at radius 2 is 2.04 bits per heavy atom. The first-order chi connectivity index (χ1) is 12.6. The lowest BCUT2D eigenvalue weighted by Gasteiger charge is -2.49. The van der Waals surface area contributed by atoms with E-state index in [2.05, 4.69) is 22.1 Å². The quantitative estimate of drug-likeness (QED) is 0.869.